The van der Waals surface area contributed by atoms with E-state index in [0.29, 0.717) is 13.0 Å². The third kappa shape index (κ3) is 4.51. The molecule has 0 aliphatic carbocycles. The summed E-state index contributed by atoms with van der Waals surface area (Å²) in [5.74, 6) is 0.703. The molecule has 1 amide bonds. The minimum absolute atomic E-state index is 0.0929. The summed E-state index contributed by atoms with van der Waals surface area (Å²) < 4.78 is 11.4. The van der Waals surface area contributed by atoms with E-state index in [2.05, 4.69) is 19.2 Å². The second kappa shape index (κ2) is 8.86. The van der Waals surface area contributed by atoms with Gasteiger partial charge in [-0.1, -0.05) is 51.0 Å². The van der Waals surface area contributed by atoms with Crippen LogP contribution in [0, 0.1) is 0 Å². The number of unbranched alkanes of at least 4 members (excludes halogenated alkanes) is 1. The van der Waals surface area contributed by atoms with E-state index in [1.54, 1.807) is 7.11 Å². The molecule has 25 heavy (non-hydrogen) atoms. The summed E-state index contributed by atoms with van der Waals surface area (Å²) in [6, 6.07) is 11.7. The Bertz CT molecular complexity index is 703. The van der Waals surface area contributed by atoms with E-state index in [4.69, 9.17) is 9.47 Å². The third-order valence-corrected chi connectivity index (χ3v) is 4.46. The first-order valence-electron chi connectivity index (χ1n) is 9.07. The molecule has 2 aromatic carbocycles. The molecule has 4 heteroatoms. The lowest BCUT2D eigenvalue weighted by Crippen LogP contribution is -2.43. The molecule has 0 saturated carbocycles. The Labute approximate surface area is 150 Å². The topological polar surface area (TPSA) is 47.6 Å². The number of methoxy groups -OCH3 is 1. The van der Waals surface area contributed by atoms with Crippen molar-refractivity contribution < 1.29 is 14.3 Å². The standard InChI is InChI=1S/C21H29NO3/c1-5-7-14-21(3,25-15-6-2)20(23)22-18-12-13-19(24-4)17-11-9-8-10-16(17)18/h8-13H,5-7,14-15H2,1-4H3,(H,22,23)/t21-/m0/s1. The molecule has 0 heterocycles. The number of hydrogen-bond donors (Lipinski definition) is 1. The van der Waals surface area contributed by atoms with Gasteiger partial charge in [0.2, 0.25) is 0 Å². The average Bonchev–Trinajstić information content (AvgIpc) is 2.65. The normalized spacial score (nSPS) is 13.4. The molecule has 0 saturated heterocycles. The Hall–Kier alpha value is -2.07. The van der Waals surface area contributed by atoms with Crippen molar-refractivity contribution in [2.45, 2.75) is 52.1 Å². The zero-order chi connectivity index (χ0) is 18.3. The first-order chi connectivity index (χ1) is 12.1. The molecular formula is C21H29NO3. The van der Waals surface area contributed by atoms with E-state index >= 15 is 0 Å². The molecule has 136 valence electrons. The molecule has 0 unspecified atom stereocenters. The summed E-state index contributed by atoms with van der Waals surface area (Å²) in [4.78, 5) is 13.0. The highest BCUT2D eigenvalue weighted by molar-refractivity contribution is 6.06. The maximum Gasteiger partial charge on any atom is 0.256 e. The number of rotatable bonds is 9. The van der Waals surface area contributed by atoms with Crippen LogP contribution in [0.15, 0.2) is 36.4 Å². The van der Waals surface area contributed by atoms with Crippen LogP contribution in [0.1, 0.15) is 46.5 Å². The molecule has 2 rings (SSSR count). The highest BCUT2D eigenvalue weighted by atomic mass is 16.5. The maximum atomic E-state index is 13.0. The first kappa shape index (κ1) is 19.3. The Morgan fingerprint density at radius 3 is 2.44 bits per heavy atom. The van der Waals surface area contributed by atoms with Gasteiger partial charge in [0.1, 0.15) is 11.4 Å². The van der Waals surface area contributed by atoms with Crippen molar-refractivity contribution in [2.75, 3.05) is 19.0 Å². The van der Waals surface area contributed by atoms with Crippen molar-refractivity contribution in [1.29, 1.82) is 0 Å². The Morgan fingerprint density at radius 1 is 1.08 bits per heavy atom. The lowest BCUT2D eigenvalue weighted by molar-refractivity contribution is -0.140. The van der Waals surface area contributed by atoms with Gasteiger partial charge in [-0.2, -0.15) is 0 Å². The SMILES string of the molecule is CCCC[C@](C)(OCCC)C(=O)Nc1ccc(OC)c2ccccc12. The average molecular weight is 343 g/mol. The van der Waals surface area contributed by atoms with E-state index < -0.39 is 5.60 Å². The lowest BCUT2D eigenvalue weighted by atomic mass is 9.97. The molecular weight excluding hydrogens is 314 g/mol. The number of carbonyl (C=O) groups excluding carboxylic acids is 1. The minimum atomic E-state index is -0.812. The molecule has 2 aromatic rings. The van der Waals surface area contributed by atoms with Gasteiger partial charge in [-0.05, 0) is 31.9 Å². The van der Waals surface area contributed by atoms with Gasteiger partial charge in [0.15, 0.2) is 0 Å². The number of nitrogens with one attached hydrogen (secondary N) is 1. The van der Waals surface area contributed by atoms with Crippen LogP contribution in [0.4, 0.5) is 5.69 Å². The van der Waals surface area contributed by atoms with Crippen molar-refractivity contribution in [2.24, 2.45) is 0 Å². The van der Waals surface area contributed by atoms with Gasteiger partial charge < -0.3 is 14.8 Å². The molecule has 0 aliphatic rings. The van der Waals surface area contributed by atoms with Gasteiger partial charge in [0, 0.05) is 23.1 Å². The van der Waals surface area contributed by atoms with Gasteiger partial charge in [-0.3, -0.25) is 4.79 Å². The van der Waals surface area contributed by atoms with Gasteiger partial charge in [0.05, 0.1) is 7.11 Å². The summed E-state index contributed by atoms with van der Waals surface area (Å²) in [7, 11) is 1.65. The van der Waals surface area contributed by atoms with E-state index in [1.165, 1.54) is 0 Å². The van der Waals surface area contributed by atoms with Crippen molar-refractivity contribution in [3.05, 3.63) is 36.4 Å². The minimum Gasteiger partial charge on any atom is -0.496 e. The fourth-order valence-electron chi connectivity index (χ4n) is 2.91. The zero-order valence-electron chi connectivity index (χ0n) is 15.7. The second-order valence-electron chi connectivity index (χ2n) is 6.50. The molecule has 0 bridgehead atoms. The molecule has 4 nitrogen and oxygen atoms in total. The van der Waals surface area contributed by atoms with Crippen molar-refractivity contribution in [3.63, 3.8) is 0 Å². The predicted molar refractivity (Wildman–Crippen MR) is 103 cm³/mol. The molecule has 0 fully saturated rings. The Balaban J connectivity index is 2.30. The summed E-state index contributed by atoms with van der Waals surface area (Å²) >= 11 is 0. The summed E-state index contributed by atoms with van der Waals surface area (Å²) in [6.07, 6.45) is 3.59. The van der Waals surface area contributed by atoms with Crippen LogP contribution >= 0.6 is 0 Å². The highest BCUT2D eigenvalue weighted by Crippen LogP contribution is 2.32. The second-order valence-corrected chi connectivity index (χ2v) is 6.50. The van der Waals surface area contributed by atoms with Crippen LogP contribution in [0.2, 0.25) is 0 Å². The van der Waals surface area contributed by atoms with Crippen LogP contribution in [-0.4, -0.2) is 25.2 Å². The van der Waals surface area contributed by atoms with E-state index in [9.17, 15) is 4.79 Å². The van der Waals surface area contributed by atoms with Crippen LogP contribution in [0.25, 0.3) is 10.8 Å². The molecule has 0 spiro atoms. The van der Waals surface area contributed by atoms with Gasteiger partial charge in [0.25, 0.3) is 5.91 Å². The molecule has 0 aromatic heterocycles. The Kier molecular flexibility index (Phi) is 6.82. The number of anilines is 1. The van der Waals surface area contributed by atoms with Crippen LogP contribution in [0.3, 0.4) is 0 Å². The van der Waals surface area contributed by atoms with E-state index in [1.807, 2.05) is 43.3 Å². The first-order valence-corrected chi connectivity index (χ1v) is 9.07. The zero-order valence-corrected chi connectivity index (χ0v) is 15.7. The number of hydrogen-bond acceptors (Lipinski definition) is 3. The van der Waals surface area contributed by atoms with Crippen molar-refractivity contribution in [1.82, 2.24) is 0 Å². The monoisotopic (exact) mass is 343 g/mol. The number of carbonyl (C=O) groups is 1. The van der Waals surface area contributed by atoms with Crippen LogP contribution in [0.5, 0.6) is 5.75 Å². The summed E-state index contributed by atoms with van der Waals surface area (Å²) in [5, 5.41) is 5.02. The van der Waals surface area contributed by atoms with Crippen molar-refractivity contribution >= 4 is 22.4 Å². The molecule has 0 aliphatic heterocycles. The Morgan fingerprint density at radius 2 is 1.80 bits per heavy atom. The van der Waals surface area contributed by atoms with Gasteiger partial charge in [-0.15, -0.1) is 0 Å². The molecule has 1 N–H and O–H groups in total. The summed E-state index contributed by atoms with van der Waals surface area (Å²) in [6.45, 7) is 6.64. The maximum absolute atomic E-state index is 13.0. The molecule has 0 radical (unpaired) electrons. The van der Waals surface area contributed by atoms with Crippen LogP contribution < -0.4 is 10.1 Å². The van der Waals surface area contributed by atoms with E-state index in [0.717, 1.165) is 41.5 Å². The van der Waals surface area contributed by atoms with Crippen LogP contribution in [-0.2, 0) is 9.53 Å². The number of amides is 1. The lowest BCUT2D eigenvalue weighted by Gasteiger charge is -2.29. The smallest absolute Gasteiger partial charge is 0.256 e. The highest BCUT2D eigenvalue weighted by Gasteiger charge is 2.33. The number of benzene rings is 2. The summed E-state index contributed by atoms with van der Waals surface area (Å²) in [5.41, 5.74) is -0.0308. The van der Waals surface area contributed by atoms with Crippen molar-refractivity contribution in [3.8, 4) is 5.75 Å². The van der Waals surface area contributed by atoms with E-state index in [-0.39, 0.29) is 5.91 Å². The number of fused-ring (bicyclic) bond motifs is 1. The quantitative estimate of drug-likeness (QED) is 0.684. The van der Waals surface area contributed by atoms with Gasteiger partial charge >= 0.3 is 0 Å². The molecule has 1 atom stereocenters. The number of ether oxygens (including phenoxy) is 2. The third-order valence-electron chi connectivity index (χ3n) is 4.46. The fourth-order valence-corrected chi connectivity index (χ4v) is 2.91. The predicted octanol–water partition coefficient (Wildman–Crippen LogP) is 5.16. The largest absolute Gasteiger partial charge is 0.496 e. The van der Waals surface area contributed by atoms with Gasteiger partial charge in [-0.25, -0.2) is 0 Å². The fraction of sp³-hybridized carbons (Fsp3) is 0.476.